The Morgan fingerprint density at radius 2 is 2.00 bits per heavy atom. The molecule has 1 amide bonds. The zero-order valence-corrected chi connectivity index (χ0v) is 13.5. The normalized spacial score (nSPS) is 16.4. The molecule has 7 heteroatoms. The molecular formula is C18H18N2O5. The molecule has 2 aromatic rings. The topological polar surface area (TPSA) is 90.7 Å². The van der Waals surface area contributed by atoms with E-state index in [4.69, 9.17) is 9.47 Å². The van der Waals surface area contributed by atoms with Gasteiger partial charge in [-0.2, -0.15) is 0 Å². The van der Waals surface area contributed by atoms with Gasteiger partial charge in [0.1, 0.15) is 17.9 Å². The number of nitrogens with zero attached hydrogens (tertiary/aromatic N) is 1. The van der Waals surface area contributed by atoms with Crippen LogP contribution in [-0.2, 0) is 4.74 Å². The quantitative estimate of drug-likeness (QED) is 0.642. The van der Waals surface area contributed by atoms with Crippen LogP contribution in [0, 0.1) is 10.1 Å². The fourth-order valence-corrected chi connectivity index (χ4v) is 2.62. The number of ether oxygens (including phenoxy) is 2. The van der Waals surface area contributed by atoms with Gasteiger partial charge in [0.2, 0.25) is 0 Å². The molecule has 1 heterocycles. The molecule has 1 atom stereocenters. The van der Waals surface area contributed by atoms with Gasteiger partial charge in [-0.1, -0.05) is 12.1 Å². The Hall–Kier alpha value is -2.93. The van der Waals surface area contributed by atoms with Crippen LogP contribution >= 0.6 is 0 Å². The maximum Gasteiger partial charge on any atom is 0.282 e. The fourth-order valence-electron chi connectivity index (χ4n) is 2.62. The minimum Gasteiger partial charge on any atom is -0.491 e. The summed E-state index contributed by atoms with van der Waals surface area (Å²) >= 11 is 0. The van der Waals surface area contributed by atoms with Crippen molar-refractivity contribution < 1.29 is 19.2 Å². The summed E-state index contributed by atoms with van der Waals surface area (Å²) in [5.41, 5.74) is 0.329. The largest absolute Gasteiger partial charge is 0.491 e. The highest BCUT2D eigenvalue weighted by molar-refractivity contribution is 6.07. The second-order valence-electron chi connectivity index (χ2n) is 5.70. The molecule has 0 spiro atoms. The Balaban J connectivity index is 1.61. The highest BCUT2D eigenvalue weighted by atomic mass is 16.6. The van der Waals surface area contributed by atoms with E-state index in [0.29, 0.717) is 18.0 Å². The number of carbonyl (C=O) groups excluding carboxylic acids is 1. The Morgan fingerprint density at radius 1 is 1.24 bits per heavy atom. The number of hydrogen-bond acceptors (Lipinski definition) is 5. The van der Waals surface area contributed by atoms with E-state index < -0.39 is 10.8 Å². The van der Waals surface area contributed by atoms with Gasteiger partial charge in [-0.25, -0.2) is 0 Å². The molecule has 0 aliphatic carbocycles. The zero-order valence-electron chi connectivity index (χ0n) is 13.5. The Labute approximate surface area is 144 Å². The van der Waals surface area contributed by atoms with Gasteiger partial charge < -0.3 is 14.8 Å². The first-order chi connectivity index (χ1) is 12.1. The van der Waals surface area contributed by atoms with E-state index >= 15 is 0 Å². The Kier molecular flexibility index (Phi) is 5.25. The van der Waals surface area contributed by atoms with Crippen molar-refractivity contribution in [1.29, 1.82) is 0 Å². The van der Waals surface area contributed by atoms with Crippen LogP contribution in [0.3, 0.4) is 0 Å². The first-order valence-corrected chi connectivity index (χ1v) is 8.03. The van der Waals surface area contributed by atoms with Crippen molar-refractivity contribution in [2.24, 2.45) is 0 Å². The molecule has 1 aliphatic heterocycles. The van der Waals surface area contributed by atoms with Gasteiger partial charge in [0.15, 0.2) is 0 Å². The van der Waals surface area contributed by atoms with E-state index in [1.165, 1.54) is 18.2 Å². The molecule has 0 bridgehead atoms. The standard InChI is InChI=1S/C18H18N2O5/c21-18(16-5-1-2-6-17(16)20(22)23)19-13-7-9-14(10-8-13)25-12-15-4-3-11-24-15/h1-2,5-10,15H,3-4,11-12H2,(H,19,21)/t15-/m1/s1. The molecule has 1 aliphatic rings. The average molecular weight is 342 g/mol. The molecule has 25 heavy (non-hydrogen) atoms. The molecule has 3 rings (SSSR count). The van der Waals surface area contributed by atoms with Gasteiger partial charge in [0.05, 0.1) is 11.0 Å². The lowest BCUT2D eigenvalue weighted by molar-refractivity contribution is -0.385. The van der Waals surface area contributed by atoms with Crippen LogP contribution in [-0.4, -0.2) is 30.1 Å². The van der Waals surface area contributed by atoms with Crippen molar-refractivity contribution in [2.75, 3.05) is 18.5 Å². The molecule has 2 aromatic carbocycles. The summed E-state index contributed by atoms with van der Waals surface area (Å²) in [4.78, 5) is 22.7. The van der Waals surface area contributed by atoms with Gasteiger partial charge in [-0.3, -0.25) is 14.9 Å². The second-order valence-corrected chi connectivity index (χ2v) is 5.70. The predicted octanol–water partition coefficient (Wildman–Crippen LogP) is 3.40. The van der Waals surface area contributed by atoms with E-state index in [0.717, 1.165) is 19.4 Å². The van der Waals surface area contributed by atoms with Gasteiger partial charge in [0.25, 0.3) is 11.6 Å². The number of para-hydroxylation sites is 1. The number of benzene rings is 2. The van der Waals surface area contributed by atoms with Gasteiger partial charge in [-0.05, 0) is 43.2 Å². The number of amides is 1. The number of carbonyl (C=O) groups is 1. The van der Waals surface area contributed by atoms with Crippen molar-refractivity contribution in [3.8, 4) is 5.75 Å². The fraction of sp³-hybridized carbons (Fsp3) is 0.278. The number of rotatable bonds is 6. The van der Waals surface area contributed by atoms with Crippen molar-refractivity contribution in [3.05, 3.63) is 64.2 Å². The number of anilines is 1. The summed E-state index contributed by atoms with van der Waals surface area (Å²) in [7, 11) is 0. The summed E-state index contributed by atoms with van der Waals surface area (Å²) < 4.78 is 11.2. The molecule has 0 radical (unpaired) electrons. The Morgan fingerprint density at radius 3 is 2.68 bits per heavy atom. The number of hydrogen-bond donors (Lipinski definition) is 1. The van der Waals surface area contributed by atoms with E-state index in [1.807, 2.05) is 0 Å². The third-order valence-corrected chi connectivity index (χ3v) is 3.92. The Bertz CT molecular complexity index is 754. The van der Waals surface area contributed by atoms with Crippen LogP contribution in [0.15, 0.2) is 48.5 Å². The lowest BCUT2D eigenvalue weighted by atomic mass is 10.1. The first kappa shape index (κ1) is 16.9. The predicted molar refractivity (Wildman–Crippen MR) is 92.0 cm³/mol. The van der Waals surface area contributed by atoms with Crippen molar-refractivity contribution >= 4 is 17.3 Å². The monoisotopic (exact) mass is 342 g/mol. The maximum atomic E-state index is 12.3. The van der Waals surface area contributed by atoms with Crippen LogP contribution in [0.25, 0.3) is 0 Å². The van der Waals surface area contributed by atoms with Crippen molar-refractivity contribution in [3.63, 3.8) is 0 Å². The van der Waals surface area contributed by atoms with Crippen LogP contribution in [0.5, 0.6) is 5.75 Å². The summed E-state index contributed by atoms with van der Waals surface area (Å²) in [6, 6.07) is 12.7. The molecule has 0 aromatic heterocycles. The minimum atomic E-state index is -0.572. The molecule has 0 saturated carbocycles. The van der Waals surface area contributed by atoms with Crippen molar-refractivity contribution in [2.45, 2.75) is 18.9 Å². The van der Waals surface area contributed by atoms with E-state index in [9.17, 15) is 14.9 Å². The highest BCUT2D eigenvalue weighted by Gasteiger charge is 2.19. The molecule has 1 fully saturated rings. The van der Waals surface area contributed by atoms with Crippen molar-refractivity contribution in [1.82, 2.24) is 0 Å². The maximum absolute atomic E-state index is 12.3. The van der Waals surface area contributed by atoms with Gasteiger partial charge >= 0.3 is 0 Å². The average Bonchev–Trinajstić information content (AvgIpc) is 3.14. The summed E-state index contributed by atoms with van der Waals surface area (Å²) in [6.07, 6.45) is 2.20. The van der Waals surface area contributed by atoms with Crippen LogP contribution < -0.4 is 10.1 Å². The SMILES string of the molecule is O=C(Nc1ccc(OC[C@H]2CCCO2)cc1)c1ccccc1[N+](=O)[O-]. The molecular weight excluding hydrogens is 324 g/mol. The third kappa shape index (κ3) is 4.33. The summed E-state index contributed by atoms with van der Waals surface area (Å²) in [5, 5.41) is 13.7. The summed E-state index contributed by atoms with van der Waals surface area (Å²) in [5.74, 6) is 0.152. The van der Waals surface area contributed by atoms with Crippen LogP contribution in [0.1, 0.15) is 23.2 Å². The third-order valence-electron chi connectivity index (χ3n) is 3.92. The van der Waals surface area contributed by atoms with E-state index in [2.05, 4.69) is 5.32 Å². The zero-order chi connectivity index (χ0) is 17.6. The number of nitrogens with one attached hydrogen (secondary N) is 1. The van der Waals surface area contributed by atoms with E-state index in [1.54, 1.807) is 30.3 Å². The van der Waals surface area contributed by atoms with E-state index in [-0.39, 0.29) is 17.4 Å². The van der Waals surface area contributed by atoms with Gasteiger partial charge in [-0.15, -0.1) is 0 Å². The van der Waals surface area contributed by atoms with Gasteiger partial charge in [0, 0.05) is 18.4 Å². The molecule has 0 unspecified atom stereocenters. The first-order valence-electron chi connectivity index (χ1n) is 8.03. The highest BCUT2D eigenvalue weighted by Crippen LogP contribution is 2.21. The lowest BCUT2D eigenvalue weighted by Crippen LogP contribution is -2.16. The molecule has 7 nitrogen and oxygen atoms in total. The molecule has 1 saturated heterocycles. The lowest BCUT2D eigenvalue weighted by Gasteiger charge is -2.12. The second kappa shape index (κ2) is 7.76. The smallest absolute Gasteiger partial charge is 0.282 e. The van der Waals surface area contributed by atoms with Crippen LogP contribution in [0.4, 0.5) is 11.4 Å². The molecule has 1 N–H and O–H groups in total. The van der Waals surface area contributed by atoms with Crippen LogP contribution in [0.2, 0.25) is 0 Å². The number of nitro benzene ring substituents is 1. The molecule has 130 valence electrons. The minimum absolute atomic E-state index is 0.0196. The summed E-state index contributed by atoms with van der Waals surface area (Å²) in [6.45, 7) is 1.28. The number of nitro groups is 1.